The molecule has 2 aromatic carbocycles. The third-order valence-electron chi connectivity index (χ3n) is 4.40. The molecule has 1 aliphatic heterocycles. The van der Waals surface area contributed by atoms with E-state index in [0.717, 1.165) is 16.9 Å². The number of carbonyl (C=O) groups excluding carboxylic acids is 1. The third-order valence-corrected chi connectivity index (χ3v) is 4.83. The Bertz CT molecular complexity index is 818. The van der Waals surface area contributed by atoms with E-state index in [-0.39, 0.29) is 11.7 Å². The predicted molar refractivity (Wildman–Crippen MR) is 102 cm³/mol. The van der Waals surface area contributed by atoms with Gasteiger partial charge in [0, 0.05) is 54.7 Å². The SMILES string of the molecule is Cc1cc(NC(=O)N2CCN(c3ccc([N+](=O)[O-])cc3)CC2)ccc1Cl. The summed E-state index contributed by atoms with van der Waals surface area (Å²) in [5, 5.41) is 14.3. The molecule has 1 saturated heterocycles. The molecule has 1 heterocycles. The number of aryl methyl sites for hydroxylation is 1. The molecule has 0 bridgehead atoms. The summed E-state index contributed by atoms with van der Waals surface area (Å²) in [6.07, 6.45) is 0. The molecule has 0 spiro atoms. The molecule has 0 radical (unpaired) electrons. The van der Waals surface area contributed by atoms with Gasteiger partial charge in [-0.25, -0.2) is 4.79 Å². The van der Waals surface area contributed by atoms with Crippen LogP contribution in [0.3, 0.4) is 0 Å². The molecule has 26 heavy (non-hydrogen) atoms. The van der Waals surface area contributed by atoms with Gasteiger partial charge in [0.05, 0.1) is 4.92 Å². The number of halogens is 1. The monoisotopic (exact) mass is 374 g/mol. The molecule has 2 aromatic rings. The molecule has 1 N–H and O–H groups in total. The first-order chi connectivity index (χ1) is 12.4. The summed E-state index contributed by atoms with van der Waals surface area (Å²) >= 11 is 6.00. The van der Waals surface area contributed by atoms with Crippen LogP contribution in [0.5, 0.6) is 0 Å². The van der Waals surface area contributed by atoms with Gasteiger partial charge >= 0.3 is 6.03 Å². The maximum Gasteiger partial charge on any atom is 0.321 e. The number of amides is 2. The minimum Gasteiger partial charge on any atom is -0.368 e. The Morgan fingerprint density at radius 3 is 2.35 bits per heavy atom. The van der Waals surface area contributed by atoms with Gasteiger partial charge in [-0.15, -0.1) is 0 Å². The summed E-state index contributed by atoms with van der Waals surface area (Å²) in [6, 6.07) is 11.7. The summed E-state index contributed by atoms with van der Waals surface area (Å²) in [4.78, 5) is 26.6. The van der Waals surface area contributed by atoms with Gasteiger partial charge in [-0.05, 0) is 42.8 Å². The van der Waals surface area contributed by atoms with Crippen molar-refractivity contribution in [3.8, 4) is 0 Å². The van der Waals surface area contributed by atoms with E-state index in [9.17, 15) is 14.9 Å². The van der Waals surface area contributed by atoms with Crippen molar-refractivity contribution in [1.82, 2.24) is 4.90 Å². The molecular weight excluding hydrogens is 356 g/mol. The van der Waals surface area contributed by atoms with E-state index in [1.54, 1.807) is 29.2 Å². The Kier molecular flexibility index (Phi) is 5.27. The Balaban J connectivity index is 1.56. The Morgan fingerprint density at radius 2 is 1.77 bits per heavy atom. The molecule has 0 aliphatic carbocycles. The molecule has 0 atom stereocenters. The highest BCUT2D eigenvalue weighted by Crippen LogP contribution is 2.22. The van der Waals surface area contributed by atoms with Gasteiger partial charge in [0.1, 0.15) is 0 Å². The molecule has 0 unspecified atom stereocenters. The molecule has 0 aromatic heterocycles. The van der Waals surface area contributed by atoms with E-state index >= 15 is 0 Å². The van der Waals surface area contributed by atoms with Crippen molar-refractivity contribution in [2.24, 2.45) is 0 Å². The number of benzene rings is 2. The van der Waals surface area contributed by atoms with Gasteiger partial charge in [-0.3, -0.25) is 10.1 Å². The molecular formula is C18H19ClN4O3. The fourth-order valence-corrected chi connectivity index (χ4v) is 3.00. The average Bonchev–Trinajstić information content (AvgIpc) is 2.65. The summed E-state index contributed by atoms with van der Waals surface area (Å²) < 4.78 is 0. The van der Waals surface area contributed by atoms with Gasteiger partial charge in [0.15, 0.2) is 0 Å². The van der Waals surface area contributed by atoms with E-state index in [1.807, 2.05) is 13.0 Å². The first-order valence-electron chi connectivity index (χ1n) is 8.25. The topological polar surface area (TPSA) is 78.7 Å². The van der Waals surface area contributed by atoms with Gasteiger partial charge in [0.2, 0.25) is 0 Å². The smallest absolute Gasteiger partial charge is 0.321 e. The number of nitro groups is 1. The van der Waals surface area contributed by atoms with Crippen molar-refractivity contribution in [3.05, 3.63) is 63.2 Å². The van der Waals surface area contributed by atoms with Crippen molar-refractivity contribution < 1.29 is 9.72 Å². The third kappa shape index (κ3) is 4.05. The van der Waals surface area contributed by atoms with Crippen LogP contribution in [0.4, 0.5) is 21.9 Å². The highest BCUT2D eigenvalue weighted by molar-refractivity contribution is 6.31. The zero-order valence-electron chi connectivity index (χ0n) is 14.3. The number of hydrogen-bond donors (Lipinski definition) is 1. The number of piperazine rings is 1. The Labute approximate surface area is 156 Å². The number of anilines is 2. The fourth-order valence-electron chi connectivity index (χ4n) is 2.88. The normalized spacial score (nSPS) is 14.2. The van der Waals surface area contributed by atoms with Gasteiger partial charge < -0.3 is 15.1 Å². The average molecular weight is 375 g/mol. The van der Waals surface area contributed by atoms with Crippen LogP contribution in [0.25, 0.3) is 0 Å². The molecule has 2 amide bonds. The Morgan fingerprint density at radius 1 is 1.12 bits per heavy atom. The summed E-state index contributed by atoms with van der Waals surface area (Å²) in [5.74, 6) is 0. The van der Waals surface area contributed by atoms with E-state index in [4.69, 9.17) is 11.6 Å². The fraction of sp³-hybridized carbons (Fsp3) is 0.278. The van der Waals surface area contributed by atoms with Crippen LogP contribution in [0.15, 0.2) is 42.5 Å². The van der Waals surface area contributed by atoms with Crippen LogP contribution in [-0.2, 0) is 0 Å². The van der Waals surface area contributed by atoms with Crippen LogP contribution in [0, 0.1) is 17.0 Å². The van der Waals surface area contributed by atoms with Crippen LogP contribution in [-0.4, -0.2) is 42.0 Å². The van der Waals surface area contributed by atoms with E-state index in [2.05, 4.69) is 10.2 Å². The highest BCUT2D eigenvalue weighted by Gasteiger charge is 2.21. The number of rotatable bonds is 3. The number of nitrogens with one attached hydrogen (secondary N) is 1. The number of carbonyl (C=O) groups is 1. The molecule has 3 rings (SSSR count). The van der Waals surface area contributed by atoms with Crippen molar-refractivity contribution in [2.45, 2.75) is 6.92 Å². The summed E-state index contributed by atoms with van der Waals surface area (Å²) in [6.45, 7) is 4.39. The summed E-state index contributed by atoms with van der Waals surface area (Å²) in [7, 11) is 0. The lowest BCUT2D eigenvalue weighted by Gasteiger charge is -2.36. The lowest BCUT2D eigenvalue weighted by molar-refractivity contribution is -0.384. The van der Waals surface area contributed by atoms with Crippen molar-refractivity contribution in [2.75, 3.05) is 36.4 Å². The quantitative estimate of drug-likeness (QED) is 0.652. The number of urea groups is 1. The zero-order valence-corrected chi connectivity index (χ0v) is 15.1. The van der Waals surface area contributed by atoms with E-state index < -0.39 is 4.92 Å². The minimum absolute atomic E-state index is 0.0741. The molecule has 7 nitrogen and oxygen atoms in total. The predicted octanol–water partition coefficient (Wildman–Crippen LogP) is 3.91. The van der Waals surface area contributed by atoms with E-state index in [1.165, 1.54) is 12.1 Å². The molecule has 136 valence electrons. The van der Waals surface area contributed by atoms with Gasteiger partial charge in [-0.1, -0.05) is 11.6 Å². The number of nitro benzene ring substituents is 1. The van der Waals surface area contributed by atoms with Crippen molar-refractivity contribution in [3.63, 3.8) is 0 Å². The standard InChI is InChI=1S/C18H19ClN4O3/c1-13-12-14(2-7-17(13)19)20-18(24)22-10-8-21(9-11-22)15-3-5-16(6-4-15)23(25)26/h2-7,12H,8-11H2,1H3,(H,20,24). The molecule has 1 aliphatic rings. The first-order valence-corrected chi connectivity index (χ1v) is 8.63. The minimum atomic E-state index is -0.412. The Hall–Kier alpha value is -2.80. The molecule has 0 saturated carbocycles. The van der Waals surface area contributed by atoms with Gasteiger partial charge in [0.25, 0.3) is 5.69 Å². The van der Waals surface area contributed by atoms with Crippen LogP contribution in [0.1, 0.15) is 5.56 Å². The largest absolute Gasteiger partial charge is 0.368 e. The maximum absolute atomic E-state index is 12.4. The lowest BCUT2D eigenvalue weighted by Crippen LogP contribution is -2.50. The number of nitrogens with zero attached hydrogens (tertiary/aromatic N) is 3. The first kappa shape index (κ1) is 18.0. The second kappa shape index (κ2) is 7.61. The molecule has 8 heteroatoms. The van der Waals surface area contributed by atoms with Crippen molar-refractivity contribution >= 4 is 34.7 Å². The maximum atomic E-state index is 12.4. The number of non-ortho nitro benzene ring substituents is 1. The van der Waals surface area contributed by atoms with Crippen LogP contribution >= 0.6 is 11.6 Å². The van der Waals surface area contributed by atoms with Gasteiger partial charge in [-0.2, -0.15) is 0 Å². The second-order valence-electron chi connectivity index (χ2n) is 6.14. The van der Waals surface area contributed by atoms with Crippen molar-refractivity contribution in [1.29, 1.82) is 0 Å². The second-order valence-corrected chi connectivity index (χ2v) is 6.55. The van der Waals surface area contributed by atoms with Crippen LogP contribution in [0.2, 0.25) is 5.02 Å². The summed E-state index contributed by atoms with van der Waals surface area (Å²) in [5.41, 5.74) is 2.62. The lowest BCUT2D eigenvalue weighted by atomic mass is 10.2. The number of hydrogen-bond acceptors (Lipinski definition) is 4. The van der Waals surface area contributed by atoms with Crippen LogP contribution < -0.4 is 10.2 Å². The highest BCUT2D eigenvalue weighted by atomic mass is 35.5. The zero-order chi connectivity index (χ0) is 18.7. The van der Waals surface area contributed by atoms with E-state index in [0.29, 0.717) is 31.2 Å². The molecule has 1 fully saturated rings.